The predicted octanol–water partition coefficient (Wildman–Crippen LogP) is 3.59. The maximum absolute atomic E-state index is 13.5. The normalized spacial score (nSPS) is 13.5. The van der Waals surface area contributed by atoms with Gasteiger partial charge in [-0.25, -0.2) is 12.8 Å². The van der Waals surface area contributed by atoms with E-state index in [-0.39, 0.29) is 28.5 Å². The van der Waals surface area contributed by atoms with Gasteiger partial charge < -0.3 is 14.8 Å². The molecule has 0 saturated heterocycles. The number of carbonyl (C=O) groups excluding carboxylic acids is 1. The summed E-state index contributed by atoms with van der Waals surface area (Å²) < 4.78 is 52.5. The number of sulfonamides is 1. The number of halogens is 1. The Morgan fingerprint density at radius 3 is 2.19 bits per heavy atom. The first kappa shape index (κ1) is 23.8. The number of rotatable bonds is 8. The summed E-state index contributed by atoms with van der Waals surface area (Å²) in [4.78, 5) is 12.8. The maximum Gasteiger partial charge on any atom is 0.264 e. The second-order valence-electron chi connectivity index (χ2n) is 8.37. The number of hydrogen-bond acceptors (Lipinski definition) is 5. The summed E-state index contributed by atoms with van der Waals surface area (Å²) in [6.07, 6.45) is 0. The van der Waals surface area contributed by atoms with E-state index in [9.17, 15) is 17.6 Å². The van der Waals surface area contributed by atoms with Crippen molar-refractivity contribution < 1.29 is 27.1 Å². The third-order valence-electron chi connectivity index (χ3n) is 5.27. The fourth-order valence-corrected chi connectivity index (χ4v) is 5.14. The largest absolute Gasteiger partial charge is 0.486 e. The molecule has 0 atom stereocenters. The van der Waals surface area contributed by atoms with Crippen molar-refractivity contribution in [1.29, 1.82) is 0 Å². The van der Waals surface area contributed by atoms with Crippen molar-refractivity contribution in [1.82, 2.24) is 5.32 Å². The monoisotopic (exact) mass is 464 g/mol. The highest BCUT2D eigenvalue weighted by Gasteiger charge is 2.30. The smallest absolute Gasteiger partial charge is 0.264 e. The van der Waals surface area contributed by atoms with Crippen LogP contribution in [0.1, 0.15) is 27.7 Å². The molecule has 0 aliphatic carbocycles. The average molecular weight is 465 g/mol. The number of benzene rings is 2. The van der Waals surface area contributed by atoms with Gasteiger partial charge in [-0.2, -0.15) is 0 Å². The number of anilines is 1. The molecule has 0 radical (unpaired) electrons. The zero-order chi connectivity index (χ0) is 23.5. The molecule has 1 amide bonds. The number of amides is 1. The van der Waals surface area contributed by atoms with E-state index in [4.69, 9.17) is 9.47 Å². The Morgan fingerprint density at radius 2 is 1.59 bits per heavy atom. The summed E-state index contributed by atoms with van der Waals surface area (Å²) in [5.41, 5.74) is 0.182. The van der Waals surface area contributed by atoms with E-state index < -0.39 is 28.3 Å². The van der Waals surface area contributed by atoms with Crippen molar-refractivity contribution in [3.63, 3.8) is 0 Å². The quantitative estimate of drug-likeness (QED) is 0.645. The molecule has 1 aliphatic rings. The SMILES string of the molecule is CC(C)C(NC(=O)CN(c1ccc(F)cc1)S(=O)(=O)c1ccc2c(c1)OCCO2)C(C)C. The number of ether oxygens (including phenoxy) is 2. The van der Waals surface area contributed by atoms with E-state index in [1.807, 2.05) is 27.7 Å². The van der Waals surface area contributed by atoms with Crippen molar-refractivity contribution in [2.24, 2.45) is 11.8 Å². The summed E-state index contributed by atoms with van der Waals surface area (Å²) in [7, 11) is -4.16. The molecular formula is C23H29FN2O5S. The highest BCUT2D eigenvalue weighted by atomic mass is 32.2. The van der Waals surface area contributed by atoms with Gasteiger partial charge in [0.1, 0.15) is 25.6 Å². The molecular weight excluding hydrogens is 435 g/mol. The summed E-state index contributed by atoms with van der Waals surface area (Å²) in [6, 6.07) is 9.18. The zero-order valence-corrected chi connectivity index (χ0v) is 19.5. The molecule has 174 valence electrons. The topological polar surface area (TPSA) is 84.9 Å². The minimum absolute atomic E-state index is 0.0526. The van der Waals surface area contributed by atoms with Crippen LogP contribution >= 0.6 is 0 Å². The zero-order valence-electron chi connectivity index (χ0n) is 18.7. The molecule has 3 rings (SSSR count). The van der Waals surface area contributed by atoms with Crippen LogP contribution in [0.3, 0.4) is 0 Å². The Bertz CT molecular complexity index is 1050. The first-order valence-electron chi connectivity index (χ1n) is 10.6. The van der Waals surface area contributed by atoms with Gasteiger partial charge in [0.25, 0.3) is 10.0 Å². The van der Waals surface area contributed by atoms with E-state index in [2.05, 4.69) is 5.32 Å². The second kappa shape index (κ2) is 9.77. The van der Waals surface area contributed by atoms with E-state index >= 15 is 0 Å². The molecule has 32 heavy (non-hydrogen) atoms. The van der Waals surface area contributed by atoms with Crippen LogP contribution in [0.2, 0.25) is 0 Å². The highest BCUT2D eigenvalue weighted by Crippen LogP contribution is 2.34. The molecule has 1 N–H and O–H groups in total. The molecule has 1 heterocycles. The standard InChI is InChI=1S/C23H29FN2O5S/c1-15(2)23(16(3)4)25-22(27)14-26(18-7-5-17(24)6-8-18)32(28,29)19-9-10-20-21(13-19)31-12-11-30-20/h5-10,13,15-16,23H,11-12,14H2,1-4H3,(H,25,27). The molecule has 0 saturated carbocycles. The minimum atomic E-state index is -4.16. The lowest BCUT2D eigenvalue weighted by molar-refractivity contribution is -0.121. The fraction of sp³-hybridized carbons (Fsp3) is 0.435. The van der Waals surface area contributed by atoms with Gasteiger partial charge in [0.05, 0.1) is 10.6 Å². The summed E-state index contributed by atoms with van der Waals surface area (Å²) in [5, 5.41) is 2.94. The molecule has 1 aliphatic heterocycles. The molecule has 0 aromatic heterocycles. The minimum Gasteiger partial charge on any atom is -0.486 e. The average Bonchev–Trinajstić information content (AvgIpc) is 2.75. The van der Waals surface area contributed by atoms with Crippen LogP contribution in [-0.2, 0) is 14.8 Å². The van der Waals surface area contributed by atoms with Gasteiger partial charge in [0.15, 0.2) is 11.5 Å². The first-order chi connectivity index (χ1) is 15.1. The highest BCUT2D eigenvalue weighted by molar-refractivity contribution is 7.92. The van der Waals surface area contributed by atoms with Gasteiger partial charge in [-0.3, -0.25) is 9.10 Å². The lowest BCUT2D eigenvalue weighted by Gasteiger charge is -2.29. The van der Waals surface area contributed by atoms with Gasteiger partial charge in [-0.15, -0.1) is 0 Å². The first-order valence-corrected chi connectivity index (χ1v) is 12.0. The Kier molecular flexibility index (Phi) is 7.28. The van der Waals surface area contributed by atoms with E-state index in [0.717, 1.165) is 16.4 Å². The summed E-state index contributed by atoms with van der Waals surface area (Å²) in [5.74, 6) is 0.177. The van der Waals surface area contributed by atoms with Crippen LogP contribution in [0.15, 0.2) is 47.4 Å². The van der Waals surface area contributed by atoms with Crippen LogP contribution < -0.4 is 19.1 Å². The van der Waals surface area contributed by atoms with Crippen LogP contribution in [-0.4, -0.2) is 40.1 Å². The second-order valence-corrected chi connectivity index (χ2v) is 10.2. The lowest BCUT2D eigenvalue weighted by atomic mass is 9.93. The van der Waals surface area contributed by atoms with Crippen molar-refractivity contribution in [2.75, 3.05) is 24.1 Å². The summed E-state index contributed by atoms with van der Waals surface area (Å²) in [6.45, 7) is 8.23. The fourth-order valence-electron chi connectivity index (χ4n) is 3.70. The van der Waals surface area contributed by atoms with Crippen LogP contribution in [0.25, 0.3) is 0 Å². The van der Waals surface area contributed by atoms with Crippen LogP contribution in [0, 0.1) is 17.7 Å². The Balaban J connectivity index is 1.95. The maximum atomic E-state index is 13.5. The predicted molar refractivity (Wildman–Crippen MR) is 120 cm³/mol. The van der Waals surface area contributed by atoms with E-state index in [0.29, 0.717) is 24.7 Å². The Hall–Kier alpha value is -2.81. The Labute approximate surface area is 188 Å². The third-order valence-corrected chi connectivity index (χ3v) is 7.04. The molecule has 0 spiro atoms. The lowest BCUT2D eigenvalue weighted by Crippen LogP contribution is -2.47. The van der Waals surface area contributed by atoms with Gasteiger partial charge in [-0.1, -0.05) is 27.7 Å². The number of carbonyl (C=O) groups is 1. The molecule has 2 aromatic carbocycles. The molecule has 9 heteroatoms. The number of nitrogens with one attached hydrogen (secondary N) is 1. The molecule has 0 fully saturated rings. The van der Waals surface area contributed by atoms with Crippen LogP contribution in [0.4, 0.5) is 10.1 Å². The van der Waals surface area contributed by atoms with Crippen molar-refractivity contribution in [3.8, 4) is 11.5 Å². The molecule has 0 unspecified atom stereocenters. The number of nitrogens with zero attached hydrogens (tertiary/aromatic N) is 1. The summed E-state index contributed by atoms with van der Waals surface area (Å²) >= 11 is 0. The van der Waals surface area contributed by atoms with Gasteiger partial charge in [0, 0.05) is 12.1 Å². The van der Waals surface area contributed by atoms with E-state index in [1.165, 1.54) is 30.3 Å². The molecule has 2 aromatic rings. The van der Waals surface area contributed by atoms with E-state index in [1.54, 1.807) is 0 Å². The Morgan fingerprint density at radius 1 is 1.00 bits per heavy atom. The molecule has 7 nitrogen and oxygen atoms in total. The third kappa shape index (κ3) is 5.32. The molecule has 0 bridgehead atoms. The van der Waals surface area contributed by atoms with Gasteiger partial charge in [0.2, 0.25) is 5.91 Å². The van der Waals surface area contributed by atoms with Crippen LogP contribution in [0.5, 0.6) is 11.5 Å². The van der Waals surface area contributed by atoms with Crippen molar-refractivity contribution >= 4 is 21.6 Å². The number of fused-ring (bicyclic) bond motifs is 1. The van der Waals surface area contributed by atoms with Gasteiger partial charge >= 0.3 is 0 Å². The van der Waals surface area contributed by atoms with Crippen molar-refractivity contribution in [2.45, 2.75) is 38.6 Å². The van der Waals surface area contributed by atoms with Gasteiger partial charge in [-0.05, 0) is 48.2 Å². The van der Waals surface area contributed by atoms with Crippen molar-refractivity contribution in [3.05, 3.63) is 48.3 Å². The number of hydrogen-bond donors (Lipinski definition) is 1.